The van der Waals surface area contributed by atoms with E-state index in [0.29, 0.717) is 28.8 Å². The van der Waals surface area contributed by atoms with Gasteiger partial charge in [-0.1, -0.05) is 58.4 Å². The first-order valence-electron chi connectivity index (χ1n) is 11.9. The second-order valence-corrected chi connectivity index (χ2v) is 9.63. The predicted molar refractivity (Wildman–Crippen MR) is 145 cm³/mol. The summed E-state index contributed by atoms with van der Waals surface area (Å²) in [5.41, 5.74) is 0.248. The lowest BCUT2D eigenvalue weighted by molar-refractivity contribution is -0.137. The molecule has 0 spiro atoms. The van der Waals surface area contributed by atoms with Gasteiger partial charge in [0.1, 0.15) is 12.4 Å². The average molecular weight is 616 g/mol. The summed E-state index contributed by atoms with van der Waals surface area (Å²) in [6, 6.07) is 20.8. The Kier molecular flexibility index (Phi) is 9.01. The van der Waals surface area contributed by atoms with Crippen LogP contribution < -0.4 is 5.32 Å². The van der Waals surface area contributed by atoms with Gasteiger partial charge in [-0.15, -0.1) is 0 Å². The van der Waals surface area contributed by atoms with Gasteiger partial charge in [0.15, 0.2) is 0 Å². The minimum atomic E-state index is -4.76. The van der Waals surface area contributed by atoms with Crippen LogP contribution in [-0.2, 0) is 28.9 Å². The van der Waals surface area contributed by atoms with E-state index in [2.05, 4.69) is 21.2 Å². The lowest BCUT2D eigenvalue weighted by Gasteiger charge is -2.17. The first-order chi connectivity index (χ1) is 19.1. The van der Waals surface area contributed by atoms with E-state index < -0.39 is 35.1 Å². The van der Waals surface area contributed by atoms with Crippen LogP contribution in [0.2, 0.25) is 0 Å². The number of methoxy groups -OCH3 is 1. The lowest BCUT2D eigenvalue weighted by Crippen LogP contribution is -2.20. The van der Waals surface area contributed by atoms with Crippen molar-refractivity contribution >= 4 is 33.5 Å². The second-order valence-electron chi connectivity index (χ2n) is 8.71. The zero-order valence-corrected chi connectivity index (χ0v) is 22.6. The van der Waals surface area contributed by atoms with Gasteiger partial charge in [0.05, 0.1) is 29.0 Å². The molecule has 0 aliphatic heterocycles. The maximum Gasteiger partial charge on any atom is 0.416 e. The van der Waals surface area contributed by atoms with E-state index in [1.165, 1.54) is 13.2 Å². The fourth-order valence-corrected chi connectivity index (χ4v) is 4.25. The number of carbonyl (C=O) groups excluding carboxylic acids is 2. The molecule has 0 unspecified atom stereocenters. The van der Waals surface area contributed by atoms with Gasteiger partial charge in [0, 0.05) is 11.6 Å². The monoisotopic (exact) mass is 615 g/mol. The summed E-state index contributed by atoms with van der Waals surface area (Å²) in [5.74, 6) is -3.01. The van der Waals surface area contributed by atoms with E-state index >= 15 is 0 Å². The topological polar surface area (TPSA) is 64.6 Å². The highest BCUT2D eigenvalue weighted by Crippen LogP contribution is 2.33. The quantitative estimate of drug-likeness (QED) is 0.161. The summed E-state index contributed by atoms with van der Waals surface area (Å²) in [6.45, 7) is 0.00561. The van der Waals surface area contributed by atoms with Gasteiger partial charge >= 0.3 is 12.1 Å². The Bertz CT molecular complexity index is 1520. The first-order valence-corrected chi connectivity index (χ1v) is 12.7. The molecular weight excluding hydrogens is 594 g/mol. The van der Waals surface area contributed by atoms with Crippen molar-refractivity contribution in [2.75, 3.05) is 12.4 Å². The number of esters is 1. The van der Waals surface area contributed by atoms with Crippen molar-refractivity contribution in [2.24, 2.45) is 0 Å². The number of rotatable bonds is 8. The zero-order chi connectivity index (χ0) is 28.9. The van der Waals surface area contributed by atoms with Gasteiger partial charge in [-0.05, 0) is 64.7 Å². The third-order valence-electron chi connectivity index (χ3n) is 5.87. The molecule has 0 bridgehead atoms. The van der Waals surface area contributed by atoms with Crippen molar-refractivity contribution in [3.8, 4) is 11.1 Å². The van der Waals surface area contributed by atoms with Crippen LogP contribution in [0.15, 0.2) is 89.4 Å². The van der Waals surface area contributed by atoms with Gasteiger partial charge in [-0.2, -0.15) is 13.2 Å². The van der Waals surface area contributed by atoms with Crippen LogP contribution in [0, 0.1) is 5.82 Å². The Morgan fingerprint density at radius 3 is 2.20 bits per heavy atom. The molecule has 4 rings (SSSR count). The number of halogens is 5. The maximum absolute atomic E-state index is 14.6. The smallest absolute Gasteiger partial charge is 0.416 e. The molecule has 0 saturated carbocycles. The van der Waals surface area contributed by atoms with Crippen LogP contribution >= 0.6 is 15.9 Å². The van der Waals surface area contributed by atoms with Crippen LogP contribution in [0.25, 0.3) is 11.1 Å². The fraction of sp³-hybridized carbons (Fsp3) is 0.133. The van der Waals surface area contributed by atoms with E-state index in [0.717, 1.165) is 16.1 Å². The van der Waals surface area contributed by atoms with E-state index in [1.807, 2.05) is 6.07 Å². The third kappa shape index (κ3) is 6.94. The zero-order valence-electron chi connectivity index (χ0n) is 21.0. The summed E-state index contributed by atoms with van der Waals surface area (Å²) in [7, 11) is 1.46. The number of benzene rings is 4. The molecule has 0 aliphatic carbocycles. The molecule has 0 fully saturated rings. The number of nitrogens with one attached hydrogen (secondary N) is 1. The summed E-state index contributed by atoms with van der Waals surface area (Å²) in [4.78, 5) is 27.0. The van der Waals surface area contributed by atoms with Crippen LogP contribution in [0.5, 0.6) is 0 Å². The van der Waals surface area contributed by atoms with Gasteiger partial charge in [0.2, 0.25) is 0 Å². The van der Waals surface area contributed by atoms with E-state index in [4.69, 9.17) is 9.47 Å². The Hall–Kier alpha value is -4.02. The molecule has 206 valence electrons. The van der Waals surface area contributed by atoms with Crippen molar-refractivity contribution in [3.05, 3.63) is 123 Å². The molecule has 5 nitrogen and oxygen atoms in total. The van der Waals surface area contributed by atoms with Crippen molar-refractivity contribution in [2.45, 2.75) is 19.4 Å². The molecule has 40 heavy (non-hydrogen) atoms. The molecule has 0 atom stereocenters. The number of anilines is 1. The Labute approximate surface area is 235 Å². The highest BCUT2D eigenvalue weighted by Gasteiger charge is 2.32. The van der Waals surface area contributed by atoms with Crippen LogP contribution in [-0.4, -0.2) is 19.0 Å². The Morgan fingerprint density at radius 1 is 0.875 bits per heavy atom. The van der Waals surface area contributed by atoms with Crippen molar-refractivity contribution < 1.29 is 36.6 Å². The molecular formula is C30H22BrF4NO4. The minimum absolute atomic E-state index is 0.0755. The van der Waals surface area contributed by atoms with Gasteiger partial charge in [-0.25, -0.2) is 9.18 Å². The fourth-order valence-electron chi connectivity index (χ4n) is 3.99. The predicted octanol–water partition coefficient (Wildman–Crippen LogP) is 8.03. The number of hydrogen-bond acceptors (Lipinski definition) is 4. The van der Waals surface area contributed by atoms with Gasteiger partial charge < -0.3 is 14.8 Å². The Balaban J connectivity index is 1.80. The number of ether oxygens (including phenoxy) is 2. The van der Waals surface area contributed by atoms with E-state index in [9.17, 15) is 27.2 Å². The highest BCUT2D eigenvalue weighted by atomic mass is 79.9. The van der Waals surface area contributed by atoms with Crippen molar-refractivity contribution in [1.82, 2.24) is 0 Å². The molecule has 1 amide bonds. The van der Waals surface area contributed by atoms with Gasteiger partial charge in [0.25, 0.3) is 5.91 Å². The molecule has 10 heteroatoms. The highest BCUT2D eigenvalue weighted by molar-refractivity contribution is 9.10. The SMILES string of the molecule is COCc1cc(C(=O)Nc2ccc(C(F)(F)F)cc2F)c(C(=O)OCc2ccccc2)c(-c2ccc(Br)cc2)c1. The largest absolute Gasteiger partial charge is 0.457 e. The van der Waals surface area contributed by atoms with Crippen molar-refractivity contribution in [1.29, 1.82) is 0 Å². The Morgan fingerprint density at radius 2 is 1.57 bits per heavy atom. The van der Waals surface area contributed by atoms with Crippen LogP contribution in [0.4, 0.5) is 23.2 Å². The summed E-state index contributed by atoms with van der Waals surface area (Å²) in [6.07, 6.45) is -4.76. The average Bonchev–Trinajstić information content (AvgIpc) is 2.93. The lowest BCUT2D eigenvalue weighted by atomic mass is 9.92. The first kappa shape index (κ1) is 29.0. The molecule has 0 radical (unpaired) electrons. The molecule has 4 aromatic carbocycles. The summed E-state index contributed by atoms with van der Waals surface area (Å²) >= 11 is 3.37. The van der Waals surface area contributed by atoms with E-state index in [-0.39, 0.29) is 24.3 Å². The van der Waals surface area contributed by atoms with Gasteiger partial charge in [-0.3, -0.25) is 4.79 Å². The molecule has 1 N–H and O–H groups in total. The van der Waals surface area contributed by atoms with Crippen LogP contribution in [0.1, 0.15) is 37.4 Å². The normalized spacial score (nSPS) is 11.2. The minimum Gasteiger partial charge on any atom is -0.457 e. The molecule has 0 saturated heterocycles. The van der Waals surface area contributed by atoms with Crippen LogP contribution in [0.3, 0.4) is 0 Å². The molecule has 0 heterocycles. The third-order valence-corrected chi connectivity index (χ3v) is 6.40. The maximum atomic E-state index is 14.6. The number of carbonyl (C=O) groups is 2. The van der Waals surface area contributed by atoms with Crippen molar-refractivity contribution in [3.63, 3.8) is 0 Å². The second kappa shape index (κ2) is 12.4. The molecule has 0 aromatic heterocycles. The van der Waals surface area contributed by atoms with E-state index in [1.54, 1.807) is 54.6 Å². The number of amides is 1. The summed E-state index contributed by atoms with van der Waals surface area (Å²) < 4.78 is 65.1. The number of alkyl halides is 3. The molecule has 4 aromatic rings. The summed E-state index contributed by atoms with van der Waals surface area (Å²) in [5, 5.41) is 2.29. The standard InChI is InChI=1S/C30H22BrF4NO4/c1-39-16-19-13-23(20-7-10-22(31)11-8-20)27(29(38)40-17-18-5-3-2-4-6-18)24(14-19)28(37)36-26-12-9-21(15-25(26)32)30(33,34)35/h2-15H,16-17H2,1H3,(H,36,37). The molecule has 0 aliphatic rings. The number of hydrogen-bond donors (Lipinski definition) is 1.